The van der Waals surface area contributed by atoms with E-state index in [1.165, 1.54) is 4.57 Å². The van der Waals surface area contributed by atoms with Crippen molar-refractivity contribution in [3.05, 3.63) is 64.4 Å². The largest absolute Gasteiger partial charge is 0.492 e. The second kappa shape index (κ2) is 9.75. The summed E-state index contributed by atoms with van der Waals surface area (Å²) in [5.74, 6) is -0.399. The van der Waals surface area contributed by atoms with Crippen LogP contribution in [0, 0.1) is 5.53 Å². The zero-order valence-corrected chi connectivity index (χ0v) is 16.4. The summed E-state index contributed by atoms with van der Waals surface area (Å²) < 4.78 is 12.2. The molecule has 0 bridgehead atoms. The molecule has 3 rings (SSSR count). The molecule has 0 saturated heterocycles. The van der Waals surface area contributed by atoms with Crippen LogP contribution in [-0.2, 0) is 22.5 Å². The summed E-state index contributed by atoms with van der Waals surface area (Å²) in [5, 5.41) is 13.0. The van der Waals surface area contributed by atoms with Crippen molar-refractivity contribution in [3.63, 3.8) is 0 Å². The number of aromatic nitrogens is 2. The van der Waals surface area contributed by atoms with Gasteiger partial charge in [-0.05, 0) is 36.8 Å². The summed E-state index contributed by atoms with van der Waals surface area (Å²) in [7, 11) is 0. The van der Waals surface area contributed by atoms with Crippen molar-refractivity contribution in [1.29, 1.82) is 5.53 Å². The van der Waals surface area contributed by atoms with Gasteiger partial charge in [-0.15, -0.1) is 5.11 Å². The number of para-hydroxylation sites is 1. The smallest absolute Gasteiger partial charge is 0.333 e. The first-order chi connectivity index (χ1) is 14.5. The SMILES string of the molecule is CCOC(Cc1ccc(OCCn2c(N=N)nc3ccccc3c2=O)cc1)C(=O)O. The Morgan fingerprint density at radius 3 is 2.63 bits per heavy atom. The molecule has 2 aromatic carbocycles. The number of hydrogen-bond donors (Lipinski definition) is 2. The maximum Gasteiger partial charge on any atom is 0.333 e. The van der Waals surface area contributed by atoms with Gasteiger partial charge in [-0.1, -0.05) is 24.3 Å². The van der Waals surface area contributed by atoms with Crippen molar-refractivity contribution >= 4 is 22.8 Å². The van der Waals surface area contributed by atoms with E-state index in [1.54, 1.807) is 55.5 Å². The molecule has 0 aliphatic rings. The minimum Gasteiger partial charge on any atom is -0.492 e. The molecule has 0 aliphatic heterocycles. The van der Waals surface area contributed by atoms with Crippen LogP contribution < -0.4 is 10.3 Å². The highest BCUT2D eigenvalue weighted by molar-refractivity contribution is 5.78. The third-order valence-electron chi connectivity index (χ3n) is 4.51. The molecule has 9 nitrogen and oxygen atoms in total. The predicted molar refractivity (Wildman–Crippen MR) is 110 cm³/mol. The fourth-order valence-corrected chi connectivity index (χ4v) is 3.05. The molecule has 1 unspecified atom stereocenters. The molecule has 0 radical (unpaired) electrons. The molecular formula is C21H22N4O5. The first-order valence-electron chi connectivity index (χ1n) is 9.46. The van der Waals surface area contributed by atoms with Crippen LogP contribution in [-0.4, -0.2) is 39.9 Å². The molecule has 0 spiro atoms. The zero-order valence-electron chi connectivity index (χ0n) is 16.4. The van der Waals surface area contributed by atoms with Gasteiger partial charge in [-0.2, -0.15) is 0 Å². The number of nitrogens with one attached hydrogen (secondary N) is 1. The van der Waals surface area contributed by atoms with E-state index in [4.69, 9.17) is 15.0 Å². The number of ether oxygens (including phenoxy) is 2. The van der Waals surface area contributed by atoms with Crippen molar-refractivity contribution in [3.8, 4) is 5.75 Å². The van der Waals surface area contributed by atoms with Gasteiger partial charge in [0.1, 0.15) is 12.4 Å². The van der Waals surface area contributed by atoms with Gasteiger partial charge >= 0.3 is 5.97 Å². The van der Waals surface area contributed by atoms with E-state index in [-0.39, 0.29) is 31.1 Å². The molecule has 0 amide bonds. The Kier molecular flexibility index (Phi) is 6.87. The van der Waals surface area contributed by atoms with Gasteiger partial charge < -0.3 is 14.6 Å². The maximum absolute atomic E-state index is 12.7. The predicted octanol–water partition coefficient (Wildman–Crippen LogP) is 3.17. The van der Waals surface area contributed by atoms with Crippen molar-refractivity contribution in [2.75, 3.05) is 13.2 Å². The molecular weight excluding hydrogens is 388 g/mol. The third-order valence-corrected chi connectivity index (χ3v) is 4.51. The number of rotatable bonds is 10. The number of aliphatic carboxylic acids is 1. The molecule has 30 heavy (non-hydrogen) atoms. The van der Waals surface area contributed by atoms with E-state index in [2.05, 4.69) is 10.1 Å². The highest BCUT2D eigenvalue weighted by Crippen LogP contribution is 2.16. The number of carbonyl (C=O) groups is 1. The second-order valence-corrected chi connectivity index (χ2v) is 6.48. The van der Waals surface area contributed by atoms with E-state index < -0.39 is 12.1 Å². The van der Waals surface area contributed by atoms with E-state index in [0.29, 0.717) is 23.3 Å². The van der Waals surface area contributed by atoms with Crippen LogP contribution in [0.4, 0.5) is 5.95 Å². The van der Waals surface area contributed by atoms with E-state index >= 15 is 0 Å². The fourth-order valence-electron chi connectivity index (χ4n) is 3.05. The van der Waals surface area contributed by atoms with Crippen LogP contribution in [0.2, 0.25) is 0 Å². The number of carboxylic acids is 1. The lowest BCUT2D eigenvalue weighted by Crippen LogP contribution is -2.26. The van der Waals surface area contributed by atoms with Gasteiger partial charge in [0.15, 0.2) is 6.10 Å². The lowest BCUT2D eigenvalue weighted by atomic mass is 10.1. The van der Waals surface area contributed by atoms with Gasteiger partial charge in [0.05, 0.1) is 17.4 Å². The van der Waals surface area contributed by atoms with Crippen LogP contribution >= 0.6 is 0 Å². The quantitative estimate of drug-likeness (QED) is 0.494. The van der Waals surface area contributed by atoms with Crippen LogP contribution in [0.5, 0.6) is 5.75 Å². The lowest BCUT2D eigenvalue weighted by Gasteiger charge is -2.13. The molecule has 3 aromatic rings. The van der Waals surface area contributed by atoms with Crippen LogP contribution in [0.3, 0.4) is 0 Å². The molecule has 9 heteroatoms. The second-order valence-electron chi connectivity index (χ2n) is 6.48. The number of hydrogen-bond acceptors (Lipinski definition) is 7. The first-order valence-corrected chi connectivity index (χ1v) is 9.46. The summed E-state index contributed by atoms with van der Waals surface area (Å²) in [5.41, 5.74) is 8.34. The van der Waals surface area contributed by atoms with Crippen molar-refractivity contribution < 1.29 is 19.4 Å². The Morgan fingerprint density at radius 2 is 1.97 bits per heavy atom. The standard InChI is InChI=1S/C21H22N4O5/c1-2-29-18(20(27)28)13-14-7-9-15(10-8-14)30-12-11-25-19(26)16-5-3-4-6-17(16)23-21(25)24-22/h3-10,18,22H,2,11-13H2,1H3,(H,27,28). The summed E-state index contributed by atoms with van der Waals surface area (Å²) in [6, 6.07) is 13.9. The fraction of sp³-hybridized carbons (Fsp3) is 0.286. The first kappa shape index (κ1) is 21.1. The molecule has 156 valence electrons. The summed E-state index contributed by atoms with van der Waals surface area (Å²) in [6.07, 6.45) is -0.628. The molecule has 1 heterocycles. The van der Waals surface area contributed by atoms with E-state index in [1.807, 2.05) is 0 Å². The zero-order chi connectivity index (χ0) is 21.5. The molecule has 1 atom stereocenters. The highest BCUT2D eigenvalue weighted by atomic mass is 16.5. The van der Waals surface area contributed by atoms with E-state index in [0.717, 1.165) is 5.56 Å². The molecule has 0 fully saturated rings. The number of nitrogens with zero attached hydrogens (tertiary/aromatic N) is 3. The average Bonchev–Trinajstić information content (AvgIpc) is 2.75. The van der Waals surface area contributed by atoms with Gasteiger partial charge in [0, 0.05) is 13.0 Å². The summed E-state index contributed by atoms with van der Waals surface area (Å²) in [6.45, 7) is 2.44. The van der Waals surface area contributed by atoms with Crippen molar-refractivity contribution in [2.45, 2.75) is 26.0 Å². The lowest BCUT2D eigenvalue weighted by molar-refractivity contribution is -0.149. The Bertz CT molecular complexity index is 1090. The van der Waals surface area contributed by atoms with Crippen molar-refractivity contribution in [2.24, 2.45) is 5.11 Å². The van der Waals surface area contributed by atoms with Gasteiger partial charge in [-0.3, -0.25) is 9.36 Å². The summed E-state index contributed by atoms with van der Waals surface area (Å²) >= 11 is 0. The Labute approximate surface area is 172 Å². The minimum atomic E-state index is -0.998. The third kappa shape index (κ3) is 4.87. The van der Waals surface area contributed by atoms with Crippen LogP contribution in [0.15, 0.2) is 58.4 Å². The molecule has 2 N–H and O–H groups in total. The Balaban J connectivity index is 1.66. The van der Waals surface area contributed by atoms with Crippen LogP contribution in [0.25, 0.3) is 10.9 Å². The number of carboxylic acid groups (broad SMARTS) is 1. The molecule has 0 saturated carbocycles. The number of fused-ring (bicyclic) bond motifs is 1. The topological polar surface area (TPSA) is 127 Å². The Hall–Kier alpha value is -3.59. The minimum absolute atomic E-state index is 0.0216. The molecule has 0 aliphatic carbocycles. The Morgan fingerprint density at radius 1 is 1.23 bits per heavy atom. The summed E-state index contributed by atoms with van der Waals surface area (Å²) in [4.78, 5) is 28.1. The van der Waals surface area contributed by atoms with Gasteiger partial charge in [0.25, 0.3) is 11.5 Å². The average molecular weight is 410 g/mol. The van der Waals surface area contributed by atoms with Crippen LogP contribution in [0.1, 0.15) is 12.5 Å². The van der Waals surface area contributed by atoms with Gasteiger partial charge in [-0.25, -0.2) is 15.3 Å². The van der Waals surface area contributed by atoms with Gasteiger partial charge in [0.2, 0.25) is 0 Å². The highest BCUT2D eigenvalue weighted by Gasteiger charge is 2.17. The van der Waals surface area contributed by atoms with Crippen molar-refractivity contribution in [1.82, 2.24) is 9.55 Å². The molecule has 1 aromatic heterocycles. The van der Waals surface area contributed by atoms with E-state index in [9.17, 15) is 14.7 Å². The normalized spacial score (nSPS) is 11.9. The monoisotopic (exact) mass is 410 g/mol. The maximum atomic E-state index is 12.7. The number of benzene rings is 2.